The molecule has 0 radical (unpaired) electrons. The van der Waals surface area contributed by atoms with Gasteiger partial charge in [-0.1, -0.05) is 13.3 Å². The molecule has 0 atom stereocenters. The number of aromatic amines is 1. The molecule has 1 aromatic rings. The summed E-state index contributed by atoms with van der Waals surface area (Å²) in [6, 6.07) is 1.04. The standard InChI is InChI=1S/C9H13N3O3/c1-2-3-4-12-7(13)5-6(8(10)14)11-9(12)15/h5H,2-4H2,1H3,(H2,10,14)(H,11,15). The first kappa shape index (κ1) is 11.2. The van der Waals surface area contributed by atoms with Crippen LogP contribution >= 0.6 is 0 Å². The van der Waals surface area contributed by atoms with Gasteiger partial charge in [-0.05, 0) is 6.42 Å². The number of H-pyrrole nitrogens is 1. The van der Waals surface area contributed by atoms with Gasteiger partial charge in [-0.25, -0.2) is 4.79 Å². The number of carbonyl (C=O) groups excluding carboxylic acids is 1. The number of primary amides is 1. The highest BCUT2D eigenvalue weighted by Gasteiger charge is 2.07. The van der Waals surface area contributed by atoms with Crippen molar-refractivity contribution in [3.05, 3.63) is 32.6 Å². The van der Waals surface area contributed by atoms with Crippen LogP contribution in [-0.2, 0) is 6.54 Å². The Balaban J connectivity index is 3.16. The van der Waals surface area contributed by atoms with Crippen molar-refractivity contribution in [1.29, 1.82) is 0 Å². The van der Waals surface area contributed by atoms with E-state index in [4.69, 9.17) is 5.73 Å². The van der Waals surface area contributed by atoms with Crippen LogP contribution in [0.2, 0.25) is 0 Å². The van der Waals surface area contributed by atoms with E-state index in [1.165, 1.54) is 0 Å². The molecule has 0 aliphatic heterocycles. The zero-order valence-corrected chi connectivity index (χ0v) is 8.45. The SMILES string of the molecule is CCCCn1c(=O)cc(C(N)=O)[nH]c1=O. The van der Waals surface area contributed by atoms with Crippen molar-refractivity contribution in [1.82, 2.24) is 9.55 Å². The number of carbonyl (C=O) groups is 1. The number of aromatic nitrogens is 2. The molecule has 1 heterocycles. The molecule has 1 rings (SSSR count). The molecule has 0 fully saturated rings. The quantitative estimate of drug-likeness (QED) is 0.698. The van der Waals surface area contributed by atoms with Gasteiger partial charge >= 0.3 is 5.69 Å². The van der Waals surface area contributed by atoms with E-state index < -0.39 is 17.2 Å². The fraction of sp³-hybridized carbons (Fsp3) is 0.444. The van der Waals surface area contributed by atoms with Gasteiger partial charge in [-0.3, -0.25) is 14.2 Å². The first-order chi connectivity index (χ1) is 7.06. The van der Waals surface area contributed by atoms with Crippen molar-refractivity contribution in [2.45, 2.75) is 26.3 Å². The summed E-state index contributed by atoms with van der Waals surface area (Å²) in [7, 11) is 0. The third-order valence-electron chi connectivity index (χ3n) is 2.02. The summed E-state index contributed by atoms with van der Waals surface area (Å²) in [5.74, 6) is -0.813. The Morgan fingerprint density at radius 2 is 2.20 bits per heavy atom. The Morgan fingerprint density at radius 1 is 1.53 bits per heavy atom. The lowest BCUT2D eigenvalue weighted by atomic mass is 10.3. The number of hydrogen-bond acceptors (Lipinski definition) is 3. The van der Waals surface area contributed by atoms with Crippen LogP contribution in [0.15, 0.2) is 15.7 Å². The van der Waals surface area contributed by atoms with Crippen molar-refractivity contribution in [2.24, 2.45) is 5.73 Å². The number of nitrogens with one attached hydrogen (secondary N) is 1. The number of rotatable bonds is 4. The number of nitrogens with two attached hydrogens (primary N) is 1. The van der Waals surface area contributed by atoms with E-state index in [1.54, 1.807) is 0 Å². The molecule has 0 spiro atoms. The Morgan fingerprint density at radius 3 is 2.67 bits per heavy atom. The second-order valence-electron chi connectivity index (χ2n) is 3.20. The molecule has 6 heteroatoms. The van der Waals surface area contributed by atoms with Crippen LogP contribution in [0.1, 0.15) is 30.3 Å². The summed E-state index contributed by atoms with van der Waals surface area (Å²) >= 11 is 0. The fourth-order valence-electron chi connectivity index (χ4n) is 1.18. The van der Waals surface area contributed by atoms with Crippen molar-refractivity contribution in [3.63, 3.8) is 0 Å². The molecule has 6 nitrogen and oxygen atoms in total. The molecular weight excluding hydrogens is 198 g/mol. The number of hydrogen-bond donors (Lipinski definition) is 2. The Kier molecular flexibility index (Phi) is 3.43. The number of unbranched alkanes of at least 4 members (excludes halogenated alkanes) is 1. The lowest BCUT2D eigenvalue weighted by molar-refractivity contribution is 0.0994. The molecular formula is C9H13N3O3. The van der Waals surface area contributed by atoms with Crippen molar-refractivity contribution >= 4 is 5.91 Å². The molecule has 3 N–H and O–H groups in total. The average Bonchev–Trinajstić information content (AvgIpc) is 2.16. The predicted octanol–water partition coefficient (Wildman–Crippen LogP) is -0.564. The largest absolute Gasteiger partial charge is 0.364 e. The molecule has 0 unspecified atom stereocenters. The summed E-state index contributed by atoms with van der Waals surface area (Å²) < 4.78 is 1.05. The first-order valence-electron chi connectivity index (χ1n) is 4.70. The zero-order valence-electron chi connectivity index (χ0n) is 8.45. The van der Waals surface area contributed by atoms with Crippen LogP contribution in [0.4, 0.5) is 0 Å². The van der Waals surface area contributed by atoms with Crippen LogP contribution in [0, 0.1) is 0 Å². The molecule has 15 heavy (non-hydrogen) atoms. The molecule has 82 valence electrons. The van der Waals surface area contributed by atoms with Crippen LogP contribution < -0.4 is 17.0 Å². The van der Waals surface area contributed by atoms with Gasteiger partial charge in [0.2, 0.25) is 0 Å². The van der Waals surface area contributed by atoms with Gasteiger partial charge in [0.1, 0.15) is 5.69 Å². The Hall–Kier alpha value is -1.85. The molecule has 0 saturated heterocycles. The minimum absolute atomic E-state index is 0.155. The van der Waals surface area contributed by atoms with E-state index in [0.29, 0.717) is 6.54 Å². The van der Waals surface area contributed by atoms with Crippen molar-refractivity contribution in [2.75, 3.05) is 0 Å². The summed E-state index contributed by atoms with van der Waals surface area (Å²) in [5, 5.41) is 0. The average molecular weight is 211 g/mol. The maximum absolute atomic E-state index is 11.4. The molecule has 0 aliphatic rings. The maximum atomic E-state index is 11.4. The van der Waals surface area contributed by atoms with Gasteiger partial charge in [-0.2, -0.15) is 0 Å². The van der Waals surface area contributed by atoms with Crippen LogP contribution in [0.3, 0.4) is 0 Å². The second-order valence-corrected chi connectivity index (χ2v) is 3.20. The van der Waals surface area contributed by atoms with Crippen LogP contribution in [0.25, 0.3) is 0 Å². The van der Waals surface area contributed by atoms with Crippen LogP contribution in [-0.4, -0.2) is 15.5 Å². The molecule has 0 bridgehead atoms. The highest BCUT2D eigenvalue weighted by molar-refractivity contribution is 5.90. The van der Waals surface area contributed by atoms with E-state index in [2.05, 4.69) is 4.98 Å². The lowest BCUT2D eigenvalue weighted by Crippen LogP contribution is -2.37. The van der Waals surface area contributed by atoms with Gasteiger partial charge in [0.15, 0.2) is 0 Å². The normalized spacial score (nSPS) is 10.2. The minimum atomic E-state index is -0.813. The Labute approximate surface area is 85.7 Å². The molecule has 0 saturated carbocycles. The summed E-state index contributed by atoms with van der Waals surface area (Å²) in [5.41, 5.74) is 3.70. The highest BCUT2D eigenvalue weighted by Crippen LogP contribution is 1.89. The van der Waals surface area contributed by atoms with Crippen molar-refractivity contribution in [3.8, 4) is 0 Å². The fourth-order valence-corrected chi connectivity index (χ4v) is 1.18. The van der Waals surface area contributed by atoms with Gasteiger partial charge in [-0.15, -0.1) is 0 Å². The van der Waals surface area contributed by atoms with Crippen LogP contribution in [0.5, 0.6) is 0 Å². The van der Waals surface area contributed by atoms with Gasteiger partial charge in [0.25, 0.3) is 11.5 Å². The third-order valence-corrected chi connectivity index (χ3v) is 2.02. The Bertz CT molecular complexity index is 441. The van der Waals surface area contributed by atoms with E-state index in [0.717, 1.165) is 23.5 Å². The van der Waals surface area contributed by atoms with Gasteiger partial charge in [0, 0.05) is 12.6 Å². The maximum Gasteiger partial charge on any atom is 0.328 e. The number of amides is 1. The highest BCUT2D eigenvalue weighted by atomic mass is 16.2. The molecule has 1 aromatic heterocycles. The van der Waals surface area contributed by atoms with Gasteiger partial charge < -0.3 is 10.7 Å². The molecule has 1 amide bonds. The monoisotopic (exact) mass is 211 g/mol. The second kappa shape index (κ2) is 4.59. The molecule has 0 aromatic carbocycles. The van der Waals surface area contributed by atoms with Crippen molar-refractivity contribution < 1.29 is 4.79 Å². The van der Waals surface area contributed by atoms with E-state index in [1.807, 2.05) is 6.92 Å². The summed E-state index contributed by atoms with van der Waals surface area (Å²) in [6.45, 7) is 2.31. The first-order valence-corrected chi connectivity index (χ1v) is 4.70. The third kappa shape index (κ3) is 2.55. The minimum Gasteiger partial charge on any atom is -0.364 e. The van der Waals surface area contributed by atoms with E-state index in [9.17, 15) is 14.4 Å². The van der Waals surface area contributed by atoms with E-state index >= 15 is 0 Å². The summed E-state index contributed by atoms with van der Waals surface area (Å²) in [4.78, 5) is 35.8. The zero-order chi connectivity index (χ0) is 11.4. The lowest BCUT2D eigenvalue weighted by Gasteiger charge is -2.03. The number of nitrogens with zero attached hydrogens (tertiary/aromatic N) is 1. The van der Waals surface area contributed by atoms with Gasteiger partial charge in [0.05, 0.1) is 0 Å². The summed E-state index contributed by atoms with van der Waals surface area (Å²) in [6.07, 6.45) is 1.61. The predicted molar refractivity (Wildman–Crippen MR) is 54.7 cm³/mol. The molecule has 0 aliphatic carbocycles. The smallest absolute Gasteiger partial charge is 0.328 e. The topological polar surface area (TPSA) is 97.9 Å². The van der Waals surface area contributed by atoms with E-state index in [-0.39, 0.29) is 5.69 Å².